The summed E-state index contributed by atoms with van der Waals surface area (Å²) in [5, 5.41) is 0. The zero-order chi connectivity index (χ0) is 14.3. The van der Waals surface area contributed by atoms with Gasteiger partial charge in [0.05, 0.1) is 0 Å². The molecule has 0 bridgehead atoms. The van der Waals surface area contributed by atoms with Crippen molar-refractivity contribution < 1.29 is 0 Å². The van der Waals surface area contributed by atoms with Crippen LogP contribution in [0.1, 0.15) is 11.1 Å². The first kappa shape index (κ1) is 15.3. The zero-order valence-electron chi connectivity index (χ0n) is 12.9. The van der Waals surface area contributed by atoms with Crippen molar-refractivity contribution in [1.82, 2.24) is 0 Å². The molecule has 0 fully saturated rings. The molecule has 1 aliphatic heterocycles. The Morgan fingerprint density at radius 1 is 0.684 bits per heavy atom. The van der Waals surface area contributed by atoms with E-state index in [1.54, 1.807) is 0 Å². The molecule has 0 aliphatic carbocycles. The van der Waals surface area contributed by atoms with Crippen molar-refractivity contribution in [3.8, 4) is 0 Å². The predicted octanol–water partition coefficient (Wildman–Crippen LogP) is 4.84. The number of hydrogen-bond acceptors (Lipinski definition) is 0. The van der Waals surface area contributed by atoms with E-state index in [9.17, 15) is 0 Å². The molecule has 0 saturated carbocycles. The van der Waals surface area contributed by atoms with Crippen molar-refractivity contribution in [2.24, 2.45) is 0 Å². The Morgan fingerprint density at radius 2 is 1.05 bits per heavy atom. The van der Waals surface area contributed by atoms with E-state index in [0.29, 0.717) is 0 Å². The summed E-state index contributed by atoms with van der Waals surface area (Å²) >= 11 is -0.133. The third-order valence-electron chi connectivity index (χ3n) is 3.27. The molecule has 1 aromatic carbocycles. The number of hydrogen-bond donors (Lipinski definition) is 0. The van der Waals surface area contributed by atoms with Gasteiger partial charge in [-0.05, 0) is 0 Å². The Morgan fingerprint density at radius 3 is 1.37 bits per heavy atom. The van der Waals surface area contributed by atoms with Gasteiger partial charge in [0, 0.05) is 0 Å². The zero-order valence-corrected chi connectivity index (χ0v) is 17.2. The molecule has 3 heteroatoms. The van der Waals surface area contributed by atoms with Crippen molar-refractivity contribution in [2.45, 2.75) is 39.3 Å². The fourth-order valence-electron chi connectivity index (χ4n) is 1.97. The molecule has 0 amide bonds. The van der Waals surface area contributed by atoms with Gasteiger partial charge in [0.1, 0.15) is 0 Å². The Kier molecular flexibility index (Phi) is 4.33. The maximum atomic E-state index is 2.54. The van der Waals surface area contributed by atoms with Gasteiger partial charge in [-0.15, -0.1) is 0 Å². The summed E-state index contributed by atoms with van der Waals surface area (Å²) in [7, 11) is -2.35. The SMILES string of the molecule is C[Si](C)(C)C1=Cc2ccccc2C=C([Si](C)(C)C)[Te]1. The van der Waals surface area contributed by atoms with Crippen LogP contribution in [0, 0.1) is 0 Å². The monoisotopic (exact) mass is 402 g/mol. The molecule has 19 heavy (non-hydrogen) atoms. The number of rotatable bonds is 2. The van der Waals surface area contributed by atoms with Crippen LogP contribution in [-0.4, -0.2) is 37.1 Å². The van der Waals surface area contributed by atoms with E-state index < -0.39 is 16.1 Å². The molecule has 1 aromatic rings. The van der Waals surface area contributed by atoms with Crippen LogP contribution in [0.3, 0.4) is 0 Å². The molecular weight excluding hydrogens is 376 g/mol. The van der Waals surface area contributed by atoms with Gasteiger partial charge >= 0.3 is 130 Å². The first-order chi connectivity index (χ1) is 8.68. The van der Waals surface area contributed by atoms with Crippen LogP contribution in [-0.2, 0) is 0 Å². The Balaban J connectivity index is 2.61. The van der Waals surface area contributed by atoms with Crippen LogP contribution < -0.4 is 0 Å². The van der Waals surface area contributed by atoms with Gasteiger partial charge in [-0.25, -0.2) is 0 Å². The van der Waals surface area contributed by atoms with Gasteiger partial charge in [-0.3, -0.25) is 0 Å². The van der Waals surface area contributed by atoms with E-state index in [2.05, 4.69) is 75.7 Å². The van der Waals surface area contributed by atoms with Crippen molar-refractivity contribution in [3.63, 3.8) is 0 Å². The predicted molar refractivity (Wildman–Crippen MR) is 94.8 cm³/mol. The summed E-state index contributed by atoms with van der Waals surface area (Å²) in [6, 6.07) is 8.91. The molecule has 1 aliphatic rings. The third-order valence-corrected chi connectivity index (χ3v) is 20.3. The van der Waals surface area contributed by atoms with Crippen LogP contribution in [0.15, 0.2) is 30.8 Å². The summed E-state index contributed by atoms with van der Waals surface area (Å²) in [5.74, 6) is 0. The Hall–Kier alpha value is -0.0766. The third kappa shape index (κ3) is 3.73. The molecule has 0 atom stereocenters. The van der Waals surface area contributed by atoms with E-state index in [1.807, 2.05) is 6.49 Å². The van der Waals surface area contributed by atoms with Gasteiger partial charge in [0.25, 0.3) is 0 Å². The first-order valence-corrected chi connectivity index (χ1v) is 16.2. The fraction of sp³-hybridized carbons (Fsp3) is 0.375. The van der Waals surface area contributed by atoms with Gasteiger partial charge in [0.15, 0.2) is 0 Å². The summed E-state index contributed by atoms with van der Waals surface area (Å²) in [4.78, 5) is 0. The molecule has 0 N–H and O–H groups in total. The molecular formula is C16H24Si2Te. The standard InChI is InChI=1S/C16H24Si2Te/c1-17(2,3)15-11-13-9-7-8-10-14(13)12-16(19-15)18(4,5)6/h7-12H,1-6H3. The minimum atomic E-state index is -1.18. The van der Waals surface area contributed by atoms with E-state index in [-0.39, 0.29) is 20.9 Å². The quantitative estimate of drug-likeness (QED) is 0.624. The van der Waals surface area contributed by atoms with Crippen LogP contribution in [0.25, 0.3) is 12.2 Å². The molecule has 0 nitrogen and oxygen atoms in total. The average Bonchev–Trinajstić information content (AvgIpc) is 2.46. The molecule has 1 heterocycles. The first-order valence-electron chi connectivity index (χ1n) is 6.89. The molecule has 2 rings (SSSR count). The van der Waals surface area contributed by atoms with Crippen LogP contribution in [0.4, 0.5) is 0 Å². The van der Waals surface area contributed by atoms with Crippen molar-refractivity contribution in [1.29, 1.82) is 0 Å². The minimum absolute atomic E-state index is 0.133. The van der Waals surface area contributed by atoms with Crippen molar-refractivity contribution in [2.75, 3.05) is 0 Å². The van der Waals surface area contributed by atoms with E-state index in [4.69, 9.17) is 0 Å². The topological polar surface area (TPSA) is 0 Å². The van der Waals surface area contributed by atoms with Crippen molar-refractivity contribution >= 4 is 49.2 Å². The average molecular weight is 400 g/mol. The van der Waals surface area contributed by atoms with E-state index >= 15 is 0 Å². The molecule has 0 aromatic heterocycles. The Labute approximate surface area is 130 Å². The van der Waals surface area contributed by atoms with Gasteiger partial charge in [0.2, 0.25) is 0 Å². The molecule has 0 radical (unpaired) electrons. The van der Waals surface area contributed by atoms with E-state index in [0.717, 1.165) is 0 Å². The van der Waals surface area contributed by atoms with Crippen LogP contribution in [0.2, 0.25) is 39.3 Å². The molecule has 102 valence electrons. The second-order valence-electron chi connectivity index (χ2n) is 7.25. The van der Waals surface area contributed by atoms with Crippen LogP contribution >= 0.6 is 0 Å². The maximum absolute atomic E-state index is 2.54. The molecule has 0 saturated heterocycles. The normalized spacial score (nSPS) is 16.3. The summed E-state index contributed by atoms with van der Waals surface area (Å²) in [6.45, 7) is 15.0. The second-order valence-corrected chi connectivity index (χ2v) is 22.7. The summed E-state index contributed by atoms with van der Waals surface area (Å²) in [5.41, 5.74) is 2.89. The van der Waals surface area contributed by atoms with Crippen LogP contribution in [0.5, 0.6) is 0 Å². The molecule has 0 spiro atoms. The van der Waals surface area contributed by atoms with Gasteiger partial charge in [-0.1, -0.05) is 0 Å². The summed E-state index contributed by atoms with van der Waals surface area (Å²) < 4.78 is 3.66. The van der Waals surface area contributed by atoms with Gasteiger partial charge in [-0.2, -0.15) is 0 Å². The molecule has 0 unspecified atom stereocenters. The number of benzene rings is 1. The second kappa shape index (κ2) is 5.37. The van der Waals surface area contributed by atoms with Gasteiger partial charge < -0.3 is 0 Å². The number of fused-ring (bicyclic) bond motifs is 1. The summed E-state index contributed by atoms with van der Waals surface area (Å²) in [6.07, 6.45) is 5.07. The Bertz CT molecular complexity index is 494. The van der Waals surface area contributed by atoms with E-state index in [1.165, 1.54) is 11.1 Å². The van der Waals surface area contributed by atoms with Crippen molar-refractivity contribution in [3.05, 3.63) is 41.9 Å². The fourth-order valence-corrected chi connectivity index (χ4v) is 12.9.